The summed E-state index contributed by atoms with van der Waals surface area (Å²) in [6, 6.07) is 11.3. The van der Waals surface area contributed by atoms with Gasteiger partial charge in [0.1, 0.15) is 5.82 Å². The molecule has 3 heteroatoms. The number of nitrogens with one attached hydrogen (secondary N) is 1. The highest BCUT2D eigenvalue weighted by Gasteiger charge is 2.12. The van der Waals surface area contributed by atoms with Crippen molar-refractivity contribution >= 4 is 17.3 Å². The predicted octanol–water partition coefficient (Wildman–Crippen LogP) is 5.53. The molecule has 0 bridgehead atoms. The van der Waals surface area contributed by atoms with Crippen molar-refractivity contribution < 1.29 is 4.39 Å². The van der Waals surface area contributed by atoms with E-state index in [1.165, 1.54) is 54.5 Å². The summed E-state index contributed by atoms with van der Waals surface area (Å²) in [6.07, 6.45) is 4.93. The van der Waals surface area contributed by atoms with Crippen molar-refractivity contribution in [1.82, 2.24) is 0 Å². The van der Waals surface area contributed by atoms with Gasteiger partial charge in [0.25, 0.3) is 0 Å². The molecule has 1 aliphatic rings. The van der Waals surface area contributed by atoms with Crippen LogP contribution in [0.15, 0.2) is 36.4 Å². The Bertz CT molecular complexity index is 633. The van der Waals surface area contributed by atoms with Gasteiger partial charge >= 0.3 is 0 Å². The highest BCUT2D eigenvalue weighted by molar-refractivity contribution is 6.30. The summed E-state index contributed by atoms with van der Waals surface area (Å²) in [5.74, 6) is -0.317. The molecule has 1 nitrogen and oxygen atoms in total. The highest BCUT2D eigenvalue weighted by Crippen LogP contribution is 2.27. The van der Waals surface area contributed by atoms with Crippen molar-refractivity contribution in [3.8, 4) is 0 Å². The Kier molecular flexibility index (Phi) is 4.16. The number of rotatable bonds is 3. The largest absolute Gasteiger partial charge is 0.378 e. The SMILES string of the molecule is CC(Nc1cc(F)cc(Cl)c1)c1ccc2c(c1)CCCC2. The van der Waals surface area contributed by atoms with Crippen LogP contribution in [0.5, 0.6) is 0 Å². The van der Waals surface area contributed by atoms with Crippen molar-refractivity contribution in [2.24, 2.45) is 0 Å². The molecule has 0 radical (unpaired) electrons. The molecule has 0 saturated carbocycles. The second-order valence-corrected chi connectivity index (χ2v) is 6.20. The molecule has 1 aliphatic carbocycles. The highest BCUT2D eigenvalue weighted by atomic mass is 35.5. The van der Waals surface area contributed by atoms with Crippen LogP contribution < -0.4 is 5.32 Å². The van der Waals surface area contributed by atoms with Gasteiger partial charge in [-0.3, -0.25) is 0 Å². The molecule has 0 spiro atoms. The number of hydrogen-bond donors (Lipinski definition) is 1. The molecule has 21 heavy (non-hydrogen) atoms. The van der Waals surface area contributed by atoms with Crippen molar-refractivity contribution in [1.29, 1.82) is 0 Å². The molecule has 0 amide bonds. The van der Waals surface area contributed by atoms with Crippen LogP contribution in [0.4, 0.5) is 10.1 Å². The molecule has 1 atom stereocenters. The summed E-state index contributed by atoms with van der Waals surface area (Å²) >= 11 is 5.89. The second-order valence-electron chi connectivity index (χ2n) is 5.76. The standard InChI is InChI=1S/C18H19ClFN/c1-12(21-18-10-16(19)9-17(20)11-18)14-7-6-13-4-2-3-5-15(13)8-14/h6-12,21H,2-5H2,1H3. The van der Waals surface area contributed by atoms with Gasteiger partial charge in [-0.1, -0.05) is 29.8 Å². The van der Waals surface area contributed by atoms with E-state index in [1.54, 1.807) is 6.07 Å². The molecule has 0 fully saturated rings. The zero-order valence-corrected chi connectivity index (χ0v) is 12.9. The van der Waals surface area contributed by atoms with Crippen molar-refractivity contribution in [2.45, 2.75) is 38.6 Å². The van der Waals surface area contributed by atoms with Crippen LogP contribution >= 0.6 is 11.6 Å². The van der Waals surface area contributed by atoms with Crippen molar-refractivity contribution in [3.05, 3.63) is 63.9 Å². The fourth-order valence-corrected chi connectivity index (χ4v) is 3.21. The minimum Gasteiger partial charge on any atom is -0.378 e. The Morgan fingerprint density at radius 1 is 1.05 bits per heavy atom. The van der Waals surface area contributed by atoms with E-state index in [0.717, 1.165) is 0 Å². The molecule has 2 aromatic carbocycles. The van der Waals surface area contributed by atoms with Crippen LogP contribution in [0.1, 0.15) is 42.5 Å². The maximum Gasteiger partial charge on any atom is 0.126 e. The van der Waals surface area contributed by atoms with Gasteiger partial charge in [-0.15, -0.1) is 0 Å². The van der Waals surface area contributed by atoms with Crippen LogP contribution in [0.3, 0.4) is 0 Å². The normalized spacial score (nSPS) is 15.4. The van der Waals surface area contributed by atoms with Gasteiger partial charge in [0, 0.05) is 16.8 Å². The first kappa shape index (κ1) is 14.4. The van der Waals surface area contributed by atoms with Crippen molar-refractivity contribution in [2.75, 3.05) is 5.32 Å². The van der Waals surface area contributed by atoms with Gasteiger partial charge < -0.3 is 5.32 Å². The molecule has 3 rings (SSSR count). The second kappa shape index (κ2) is 6.07. The zero-order valence-electron chi connectivity index (χ0n) is 12.1. The van der Waals surface area contributed by atoms with Crippen LogP contribution in [0, 0.1) is 5.82 Å². The van der Waals surface area contributed by atoms with E-state index in [9.17, 15) is 4.39 Å². The van der Waals surface area contributed by atoms with Crippen molar-refractivity contribution in [3.63, 3.8) is 0 Å². The van der Waals surface area contributed by atoms with Crippen LogP contribution in [-0.4, -0.2) is 0 Å². The first-order valence-electron chi connectivity index (χ1n) is 7.46. The molecular formula is C18H19ClFN. The lowest BCUT2D eigenvalue weighted by Crippen LogP contribution is -2.09. The molecule has 110 valence electrons. The molecular weight excluding hydrogens is 285 g/mol. The Morgan fingerprint density at radius 3 is 2.57 bits per heavy atom. The van der Waals surface area contributed by atoms with Gasteiger partial charge in [0.2, 0.25) is 0 Å². The topological polar surface area (TPSA) is 12.0 Å². The van der Waals surface area contributed by atoms with E-state index in [4.69, 9.17) is 11.6 Å². The number of aryl methyl sites for hydroxylation is 2. The summed E-state index contributed by atoms with van der Waals surface area (Å²) in [6.45, 7) is 2.09. The lowest BCUT2D eigenvalue weighted by atomic mass is 9.89. The third-order valence-corrected chi connectivity index (χ3v) is 4.34. The molecule has 0 saturated heterocycles. The minimum absolute atomic E-state index is 0.120. The number of fused-ring (bicyclic) bond motifs is 1. The van der Waals surface area contributed by atoms with E-state index in [1.807, 2.05) is 0 Å². The molecule has 1 N–H and O–H groups in total. The third kappa shape index (κ3) is 3.38. The summed E-state index contributed by atoms with van der Waals surface area (Å²) in [7, 11) is 0. The predicted molar refractivity (Wildman–Crippen MR) is 86.5 cm³/mol. The summed E-state index contributed by atoms with van der Waals surface area (Å²) < 4.78 is 13.4. The average Bonchev–Trinajstić information content (AvgIpc) is 2.45. The first-order valence-corrected chi connectivity index (χ1v) is 7.84. The quantitative estimate of drug-likeness (QED) is 0.786. The van der Waals surface area contributed by atoms with Crippen LogP contribution in [0.2, 0.25) is 5.02 Å². The molecule has 0 aliphatic heterocycles. The summed E-state index contributed by atoms with van der Waals surface area (Å²) in [5, 5.41) is 3.73. The lowest BCUT2D eigenvalue weighted by molar-refractivity contribution is 0.628. The fourth-order valence-electron chi connectivity index (χ4n) is 2.99. The van der Waals surface area contributed by atoms with Gasteiger partial charge in [-0.25, -0.2) is 4.39 Å². The van der Waals surface area contributed by atoms with E-state index in [0.29, 0.717) is 10.7 Å². The molecule has 2 aromatic rings. The monoisotopic (exact) mass is 303 g/mol. The average molecular weight is 304 g/mol. The Balaban J connectivity index is 1.80. The van der Waals surface area contributed by atoms with Crippen LogP contribution in [-0.2, 0) is 12.8 Å². The lowest BCUT2D eigenvalue weighted by Gasteiger charge is -2.20. The number of benzene rings is 2. The maximum absolute atomic E-state index is 13.4. The fraction of sp³-hybridized carbons (Fsp3) is 0.333. The van der Waals surface area contributed by atoms with E-state index >= 15 is 0 Å². The third-order valence-electron chi connectivity index (χ3n) is 4.12. The Labute approximate surface area is 130 Å². The minimum atomic E-state index is -0.317. The first-order chi connectivity index (χ1) is 10.1. The van der Waals surface area contributed by atoms with E-state index < -0.39 is 0 Å². The maximum atomic E-state index is 13.4. The van der Waals surface area contributed by atoms with E-state index in [2.05, 4.69) is 30.4 Å². The number of anilines is 1. The number of hydrogen-bond acceptors (Lipinski definition) is 1. The van der Waals surface area contributed by atoms with E-state index in [-0.39, 0.29) is 11.9 Å². The number of halogens is 2. The van der Waals surface area contributed by atoms with Gasteiger partial charge in [0.15, 0.2) is 0 Å². The Hall–Kier alpha value is -1.54. The Morgan fingerprint density at radius 2 is 1.81 bits per heavy atom. The van der Waals surface area contributed by atoms with Crippen LogP contribution in [0.25, 0.3) is 0 Å². The van der Waals surface area contributed by atoms with Gasteiger partial charge in [-0.05, 0) is 67.5 Å². The molecule has 0 aromatic heterocycles. The van der Waals surface area contributed by atoms with Gasteiger partial charge in [-0.2, -0.15) is 0 Å². The molecule has 1 unspecified atom stereocenters. The zero-order chi connectivity index (χ0) is 14.8. The summed E-state index contributed by atoms with van der Waals surface area (Å²) in [5.41, 5.74) is 4.89. The summed E-state index contributed by atoms with van der Waals surface area (Å²) in [4.78, 5) is 0. The van der Waals surface area contributed by atoms with Gasteiger partial charge in [0.05, 0.1) is 0 Å². The smallest absolute Gasteiger partial charge is 0.126 e. The molecule has 0 heterocycles.